The zero-order valence-electron chi connectivity index (χ0n) is 14.4. The minimum Gasteiger partial charge on any atom is -0.339 e. The number of benzene rings is 2. The SMILES string of the molecule is Cc1ccc(S(=O)(=O)NCCc2nc(-c3ccccc3F)no2)c(C)c1. The maximum absolute atomic E-state index is 13.7. The van der Waals surface area contributed by atoms with Gasteiger partial charge < -0.3 is 4.52 Å². The molecule has 0 unspecified atom stereocenters. The molecular formula is C18H18FN3O3S. The molecule has 3 rings (SSSR count). The lowest BCUT2D eigenvalue weighted by Gasteiger charge is -2.09. The molecule has 0 atom stereocenters. The number of hydrogen-bond acceptors (Lipinski definition) is 5. The van der Waals surface area contributed by atoms with Crippen LogP contribution in [0.1, 0.15) is 17.0 Å². The second-order valence-electron chi connectivity index (χ2n) is 5.91. The first-order chi connectivity index (χ1) is 12.4. The first kappa shape index (κ1) is 18.2. The lowest BCUT2D eigenvalue weighted by Crippen LogP contribution is -2.26. The van der Waals surface area contributed by atoms with E-state index in [2.05, 4.69) is 14.9 Å². The van der Waals surface area contributed by atoms with Crippen LogP contribution in [0, 0.1) is 19.7 Å². The highest BCUT2D eigenvalue weighted by Crippen LogP contribution is 2.19. The summed E-state index contributed by atoms with van der Waals surface area (Å²) in [4.78, 5) is 4.35. The van der Waals surface area contributed by atoms with Gasteiger partial charge in [-0.15, -0.1) is 0 Å². The van der Waals surface area contributed by atoms with Crippen LogP contribution >= 0.6 is 0 Å². The molecule has 0 saturated carbocycles. The van der Waals surface area contributed by atoms with Crippen molar-refractivity contribution in [1.29, 1.82) is 0 Å². The minimum absolute atomic E-state index is 0.0918. The number of nitrogens with zero attached hydrogens (tertiary/aromatic N) is 2. The van der Waals surface area contributed by atoms with Gasteiger partial charge in [0, 0.05) is 13.0 Å². The Balaban J connectivity index is 1.66. The molecule has 136 valence electrons. The van der Waals surface area contributed by atoms with Gasteiger partial charge in [-0.2, -0.15) is 4.98 Å². The maximum Gasteiger partial charge on any atom is 0.240 e. The summed E-state index contributed by atoms with van der Waals surface area (Å²) in [6, 6.07) is 11.2. The molecule has 0 aliphatic carbocycles. The predicted molar refractivity (Wildman–Crippen MR) is 94.5 cm³/mol. The second-order valence-corrected chi connectivity index (χ2v) is 7.64. The standard InChI is InChI=1S/C18H18FN3O3S/c1-12-7-8-16(13(2)11-12)26(23,24)20-10-9-17-21-18(22-25-17)14-5-3-4-6-15(14)19/h3-8,11,20H,9-10H2,1-2H3. The van der Waals surface area contributed by atoms with E-state index in [1.165, 1.54) is 6.07 Å². The number of aromatic nitrogens is 2. The summed E-state index contributed by atoms with van der Waals surface area (Å²) in [5.41, 5.74) is 1.91. The van der Waals surface area contributed by atoms with Gasteiger partial charge in [0.2, 0.25) is 21.7 Å². The van der Waals surface area contributed by atoms with Crippen LogP contribution in [-0.4, -0.2) is 25.1 Å². The normalized spacial score (nSPS) is 11.7. The van der Waals surface area contributed by atoms with Gasteiger partial charge >= 0.3 is 0 Å². The number of aryl methyl sites for hydroxylation is 2. The van der Waals surface area contributed by atoms with Crippen LogP contribution in [0.4, 0.5) is 4.39 Å². The second kappa shape index (κ2) is 7.35. The highest BCUT2D eigenvalue weighted by molar-refractivity contribution is 7.89. The largest absolute Gasteiger partial charge is 0.339 e. The van der Waals surface area contributed by atoms with Crippen molar-refractivity contribution >= 4 is 10.0 Å². The molecule has 26 heavy (non-hydrogen) atoms. The first-order valence-electron chi connectivity index (χ1n) is 8.01. The summed E-state index contributed by atoms with van der Waals surface area (Å²) in [5, 5.41) is 3.74. The van der Waals surface area contributed by atoms with Gasteiger partial charge in [-0.3, -0.25) is 0 Å². The van der Waals surface area contributed by atoms with E-state index in [4.69, 9.17) is 4.52 Å². The van der Waals surface area contributed by atoms with Crippen LogP contribution in [0.5, 0.6) is 0 Å². The zero-order valence-corrected chi connectivity index (χ0v) is 15.2. The average Bonchev–Trinajstić information content (AvgIpc) is 3.03. The Kier molecular flexibility index (Phi) is 5.15. The molecule has 8 heteroatoms. The van der Waals surface area contributed by atoms with E-state index in [0.717, 1.165) is 5.56 Å². The molecule has 0 bridgehead atoms. The van der Waals surface area contributed by atoms with Gasteiger partial charge in [0.05, 0.1) is 10.5 Å². The summed E-state index contributed by atoms with van der Waals surface area (Å²) in [5.74, 6) is -0.0858. The van der Waals surface area contributed by atoms with Crippen molar-refractivity contribution < 1.29 is 17.3 Å². The van der Waals surface area contributed by atoms with Gasteiger partial charge in [0.25, 0.3) is 0 Å². The molecular weight excluding hydrogens is 357 g/mol. The Bertz CT molecular complexity index is 1030. The molecule has 1 N–H and O–H groups in total. The molecule has 0 fully saturated rings. The van der Waals surface area contributed by atoms with Crippen molar-refractivity contribution in [2.24, 2.45) is 0 Å². The molecule has 1 aromatic heterocycles. The van der Waals surface area contributed by atoms with Crippen molar-refractivity contribution in [3.05, 3.63) is 65.3 Å². The third-order valence-electron chi connectivity index (χ3n) is 3.83. The summed E-state index contributed by atoms with van der Waals surface area (Å²) in [6.07, 6.45) is 0.200. The van der Waals surface area contributed by atoms with Crippen LogP contribution in [0.3, 0.4) is 0 Å². The molecule has 6 nitrogen and oxygen atoms in total. The third kappa shape index (κ3) is 3.97. The quantitative estimate of drug-likeness (QED) is 0.716. The number of hydrogen-bond donors (Lipinski definition) is 1. The molecule has 0 aliphatic heterocycles. The lowest BCUT2D eigenvalue weighted by molar-refractivity contribution is 0.378. The van der Waals surface area contributed by atoms with E-state index >= 15 is 0 Å². The third-order valence-corrected chi connectivity index (χ3v) is 5.45. The molecule has 2 aromatic carbocycles. The van der Waals surface area contributed by atoms with E-state index in [9.17, 15) is 12.8 Å². The fourth-order valence-electron chi connectivity index (χ4n) is 2.58. The minimum atomic E-state index is -3.63. The van der Waals surface area contributed by atoms with Crippen molar-refractivity contribution in [2.45, 2.75) is 25.2 Å². The summed E-state index contributed by atoms with van der Waals surface area (Å²) < 4.78 is 46.1. The zero-order chi connectivity index (χ0) is 18.7. The van der Waals surface area contributed by atoms with Gasteiger partial charge in [0.15, 0.2) is 0 Å². The lowest BCUT2D eigenvalue weighted by atomic mass is 10.2. The van der Waals surface area contributed by atoms with E-state index < -0.39 is 15.8 Å². The number of rotatable bonds is 6. The van der Waals surface area contributed by atoms with Gasteiger partial charge in [-0.25, -0.2) is 17.5 Å². The maximum atomic E-state index is 13.7. The van der Waals surface area contributed by atoms with Crippen molar-refractivity contribution in [3.8, 4) is 11.4 Å². The van der Waals surface area contributed by atoms with Gasteiger partial charge in [-0.1, -0.05) is 35.0 Å². The smallest absolute Gasteiger partial charge is 0.240 e. The van der Waals surface area contributed by atoms with Gasteiger partial charge in [-0.05, 0) is 37.6 Å². The van der Waals surface area contributed by atoms with E-state index in [0.29, 0.717) is 5.56 Å². The molecule has 0 saturated heterocycles. The van der Waals surface area contributed by atoms with Crippen molar-refractivity contribution in [1.82, 2.24) is 14.9 Å². The number of halogens is 1. The highest BCUT2D eigenvalue weighted by atomic mass is 32.2. The summed E-state index contributed by atoms with van der Waals surface area (Å²) in [6.45, 7) is 3.74. The fraction of sp³-hybridized carbons (Fsp3) is 0.222. The number of sulfonamides is 1. The highest BCUT2D eigenvalue weighted by Gasteiger charge is 2.17. The molecule has 0 radical (unpaired) electrons. The van der Waals surface area contributed by atoms with Crippen LogP contribution in [-0.2, 0) is 16.4 Å². The topological polar surface area (TPSA) is 85.1 Å². The number of nitrogens with one attached hydrogen (secondary N) is 1. The Morgan fingerprint density at radius 2 is 1.92 bits per heavy atom. The van der Waals surface area contributed by atoms with Crippen LogP contribution in [0.2, 0.25) is 0 Å². The molecule has 1 heterocycles. The van der Waals surface area contributed by atoms with Crippen LogP contribution in [0.15, 0.2) is 51.9 Å². The Morgan fingerprint density at radius 3 is 2.65 bits per heavy atom. The van der Waals surface area contributed by atoms with Crippen molar-refractivity contribution in [2.75, 3.05) is 6.54 Å². The Hall–Kier alpha value is -2.58. The predicted octanol–water partition coefficient (Wildman–Crippen LogP) is 3.01. The average molecular weight is 375 g/mol. The van der Waals surface area contributed by atoms with Gasteiger partial charge in [0.1, 0.15) is 5.82 Å². The molecule has 0 aliphatic rings. The monoisotopic (exact) mass is 375 g/mol. The fourth-order valence-corrected chi connectivity index (χ4v) is 3.84. The molecule has 0 spiro atoms. The molecule has 3 aromatic rings. The van der Waals surface area contributed by atoms with Crippen molar-refractivity contribution in [3.63, 3.8) is 0 Å². The summed E-state index contributed by atoms with van der Waals surface area (Å²) in [7, 11) is -3.63. The first-order valence-corrected chi connectivity index (χ1v) is 9.49. The van der Waals surface area contributed by atoms with E-state index in [1.54, 1.807) is 37.3 Å². The van der Waals surface area contributed by atoms with E-state index in [1.807, 2.05) is 13.0 Å². The Morgan fingerprint density at radius 1 is 1.15 bits per heavy atom. The molecule has 0 amide bonds. The van der Waals surface area contributed by atoms with Crippen LogP contribution in [0.25, 0.3) is 11.4 Å². The van der Waals surface area contributed by atoms with Crippen LogP contribution < -0.4 is 4.72 Å². The van der Waals surface area contributed by atoms with E-state index in [-0.39, 0.29) is 35.1 Å². The Labute approximate surface area is 151 Å². The summed E-state index contributed by atoms with van der Waals surface area (Å²) >= 11 is 0.